The Kier molecular flexibility index (Phi) is 5.43. The summed E-state index contributed by atoms with van der Waals surface area (Å²) in [6, 6.07) is 3.73. The fourth-order valence-corrected chi connectivity index (χ4v) is 2.74. The molecule has 0 aliphatic carbocycles. The number of hydrogen-bond acceptors (Lipinski definition) is 2. The Morgan fingerprint density at radius 2 is 1.78 bits per heavy atom. The maximum Gasteiger partial charge on any atom is 0.246 e. The molecular weight excluding hydrogens is 286 g/mol. The van der Waals surface area contributed by atoms with Gasteiger partial charge in [-0.05, 0) is 62.5 Å². The minimum Gasteiger partial charge on any atom is -0.507 e. The summed E-state index contributed by atoms with van der Waals surface area (Å²) in [6.07, 6.45) is 6.55. The molecule has 1 heterocycles. The van der Waals surface area contributed by atoms with Crippen molar-refractivity contribution in [3.63, 3.8) is 0 Å². The summed E-state index contributed by atoms with van der Waals surface area (Å²) in [5.41, 5.74) is 3.93. The van der Waals surface area contributed by atoms with Gasteiger partial charge in [0.15, 0.2) is 0 Å². The number of allylic oxidation sites excluding steroid dienone is 2. The average Bonchev–Trinajstić information content (AvgIpc) is 2.53. The lowest BCUT2D eigenvalue weighted by Crippen LogP contribution is -2.34. The van der Waals surface area contributed by atoms with Crippen LogP contribution in [0.15, 0.2) is 31.4 Å². The van der Waals surface area contributed by atoms with E-state index in [0.717, 1.165) is 42.6 Å². The topological polar surface area (TPSA) is 40.5 Å². The van der Waals surface area contributed by atoms with Gasteiger partial charge in [0.1, 0.15) is 5.75 Å². The number of benzene rings is 1. The molecule has 3 nitrogen and oxygen atoms in total. The second-order valence-corrected chi connectivity index (χ2v) is 6.24. The minimum absolute atomic E-state index is 0.00158. The molecule has 1 amide bonds. The van der Waals surface area contributed by atoms with Crippen molar-refractivity contribution in [2.24, 2.45) is 0 Å². The van der Waals surface area contributed by atoms with E-state index in [1.165, 1.54) is 6.42 Å². The van der Waals surface area contributed by atoms with E-state index in [4.69, 9.17) is 0 Å². The van der Waals surface area contributed by atoms with E-state index >= 15 is 0 Å². The molecule has 0 radical (unpaired) electrons. The van der Waals surface area contributed by atoms with Crippen molar-refractivity contribution in [2.75, 3.05) is 13.1 Å². The number of amides is 1. The summed E-state index contributed by atoms with van der Waals surface area (Å²) in [5, 5.41) is 10.4. The van der Waals surface area contributed by atoms with Gasteiger partial charge in [-0.2, -0.15) is 0 Å². The number of phenols is 1. The van der Waals surface area contributed by atoms with Crippen molar-refractivity contribution < 1.29 is 9.90 Å². The molecule has 1 saturated heterocycles. The van der Waals surface area contributed by atoms with Crippen molar-refractivity contribution in [1.29, 1.82) is 0 Å². The number of phenolic OH excluding ortho intramolecular Hbond substituents is 1. The molecule has 1 N–H and O–H groups in total. The van der Waals surface area contributed by atoms with Crippen molar-refractivity contribution >= 4 is 23.1 Å². The van der Waals surface area contributed by atoms with Gasteiger partial charge in [0.25, 0.3) is 0 Å². The standard InChI is InChI=1S/C20H25NO2/c1-14(2)17-12-16(20(23)18(13-17)15(3)4)8-9-19(22)21-10-6-5-7-11-21/h8-9,12-13,23H,1,3,5-7,10-11H2,2,4H3/b9-8+. The van der Waals surface area contributed by atoms with Gasteiger partial charge in [-0.3, -0.25) is 4.79 Å². The smallest absolute Gasteiger partial charge is 0.246 e. The lowest BCUT2D eigenvalue weighted by Gasteiger charge is -2.25. The third-order valence-corrected chi connectivity index (χ3v) is 4.17. The van der Waals surface area contributed by atoms with Crippen LogP contribution in [0.4, 0.5) is 0 Å². The average molecular weight is 311 g/mol. The molecule has 0 atom stereocenters. The quantitative estimate of drug-likeness (QED) is 0.833. The Bertz CT molecular complexity index is 664. The number of rotatable bonds is 4. The Labute approximate surface area is 138 Å². The van der Waals surface area contributed by atoms with Gasteiger partial charge < -0.3 is 10.0 Å². The van der Waals surface area contributed by atoms with Gasteiger partial charge >= 0.3 is 0 Å². The van der Waals surface area contributed by atoms with Gasteiger partial charge in [-0.15, -0.1) is 0 Å². The fraction of sp³-hybridized carbons (Fsp3) is 0.350. The highest BCUT2D eigenvalue weighted by Crippen LogP contribution is 2.32. The first-order chi connectivity index (χ1) is 10.9. The summed E-state index contributed by atoms with van der Waals surface area (Å²) in [7, 11) is 0. The molecule has 0 spiro atoms. The van der Waals surface area contributed by atoms with Crippen molar-refractivity contribution in [1.82, 2.24) is 4.90 Å². The molecule has 0 saturated carbocycles. The van der Waals surface area contributed by atoms with Gasteiger partial charge in [0, 0.05) is 30.3 Å². The Balaban J connectivity index is 2.30. The summed E-state index contributed by atoms with van der Waals surface area (Å²) in [6.45, 7) is 13.3. The molecule has 23 heavy (non-hydrogen) atoms. The second-order valence-electron chi connectivity index (χ2n) is 6.24. The van der Waals surface area contributed by atoms with Crippen LogP contribution >= 0.6 is 0 Å². The normalized spacial score (nSPS) is 15.0. The summed E-state index contributed by atoms with van der Waals surface area (Å²) in [4.78, 5) is 14.1. The molecule has 0 aromatic heterocycles. The predicted octanol–water partition coefficient (Wildman–Crippen LogP) is 4.48. The fourth-order valence-electron chi connectivity index (χ4n) is 2.74. The molecule has 122 valence electrons. The van der Waals surface area contributed by atoms with Gasteiger partial charge in [0.05, 0.1) is 0 Å². The zero-order chi connectivity index (χ0) is 17.0. The number of nitrogens with zero attached hydrogens (tertiary/aromatic N) is 1. The molecule has 1 aliphatic heterocycles. The Morgan fingerprint density at radius 3 is 2.35 bits per heavy atom. The van der Waals surface area contributed by atoms with E-state index < -0.39 is 0 Å². The lowest BCUT2D eigenvalue weighted by atomic mass is 9.96. The SMILES string of the molecule is C=C(C)c1cc(/C=C/C(=O)N2CCCCC2)c(O)c(C(=C)C)c1. The van der Waals surface area contributed by atoms with Crippen LogP contribution < -0.4 is 0 Å². The third kappa shape index (κ3) is 4.13. The number of likely N-dealkylation sites (tertiary alicyclic amines) is 1. The highest BCUT2D eigenvalue weighted by atomic mass is 16.3. The molecule has 1 aliphatic rings. The first-order valence-corrected chi connectivity index (χ1v) is 8.06. The highest BCUT2D eigenvalue weighted by Gasteiger charge is 2.14. The molecule has 3 heteroatoms. The number of aromatic hydroxyl groups is 1. The molecule has 1 aromatic rings. The van der Waals surface area contributed by atoms with Crippen molar-refractivity contribution in [3.8, 4) is 5.75 Å². The molecule has 1 fully saturated rings. The third-order valence-electron chi connectivity index (χ3n) is 4.17. The van der Waals surface area contributed by atoms with E-state index in [0.29, 0.717) is 11.1 Å². The minimum atomic E-state index is 0.00158. The maximum atomic E-state index is 12.2. The largest absolute Gasteiger partial charge is 0.507 e. The number of piperidine rings is 1. The van der Waals surface area contributed by atoms with Crippen LogP contribution in [0.3, 0.4) is 0 Å². The number of carbonyl (C=O) groups excluding carboxylic acids is 1. The number of hydrogen-bond donors (Lipinski definition) is 1. The Morgan fingerprint density at radius 1 is 1.13 bits per heavy atom. The van der Waals surface area contributed by atoms with Crippen LogP contribution in [0.25, 0.3) is 17.2 Å². The van der Waals surface area contributed by atoms with E-state index in [-0.39, 0.29) is 11.7 Å². The van der Waals surface area contributed by atoms with E-state index in [1.54, 1.807) is 12.2 Å². The maximum absolute atomic E-state index is 12.2. The number of carbonyl (C=O) groups is 1. The monoisotopic (exact) mass is 311 g/mol. The zero-order valence-electron chi connectivity index (χ0n) is 14.1. The summed E-state index contributed by atoms with van der Waals surface area (Å²) < 4.78 is 0. The summed E-state index contributed by atoms with van der Waals surface area (Å²) in [5.74, 6) is 0.159. The molecule has 1 aromatic carbocycles. The molecule has 0 bridgehead atoms. The second kappa shape index (κ2) is 7.32. The van der Waals surface area contributed by atoms with E-state index in [9.17, 15) is 9.90 Å². The van der Waals surface area contributed by atoms with E-state index in [1.807, 2.05) is 30.9 Å². The van der Waals surface area contributed by atoms with Crippen LogP contribution in [-0.4, -0.2) is 29.0 Å². The van der Waals surface area contributed by atoms with E-state index in [2.05, 4.69) is 13.2 Å². The van der Waals surface area contributed by atoms with Gasteiger partial charge in [0.2, 0.25) is 5.91 Å². The molecular formula is C20H25NO2. The van der Waals surface area contributed by atoms with Crippen LogP contribution in [0, 0.1) is 0 Å². The lowest BCUT2D eigenvalue weighted by molar-refractivity contribution is -0.126. The zero-order valence-corrected chi connectivity index (χ0v) is 14.1. The Hall–Kier alpha value is -2.29. The van der Waals surface area contributed by atoms with Gasteiger partial charge in [-0.25, -0.2) is 0 Å². The van der Waals surface area contributed by atoms with Crippen molar-refractivity contribution in [3.05, 3.63) is 48.1 Å². The first-order valence-electron chi connectivity index (χ1n) is 8.06. The predicted molar refractivity (Wildman–Crippen MR) is 97.0 cm³/mol. The van der Waals surface area contributed by atoms with Crippen LogP contribution in [0.2, 0.25) is 0 Å². The molecule has 2 rings (SSSR count). The van der Waals surface area contributed by atoms with Crippen LogP contribution in [0.5, 0.6) is 5.75 Å². The highest BCUT2D eigenvalue weighted by molar-refractivity contribution is 5.93. The van der Waals surface area contributed by atoms with Gasteiger partial charge in [-0.1, -0.05) is 18.7 Å². The van der Waals surface area contributed by atoms with Crippen LogP contribution in [-0.2, 0) is 4.79 Å². The summed E-state index contributed by atoms with van der Waals surface area (Å²) >= 11 is 0. The van der Waals surface area contributed by atoms with Crippen LogP contribution in [0.1, 0.15) is 49.8 Å². The first kappa shape index (κ1) is 17.1. The van der Waals surface area contributed by atoms with Crippen molar-refractivity contribution in [2.45, 2.75) is 33.1 Å². The molecule has 0 unspecified atom stereocenters.